The third-order valence-electron chi connectivity index (χ3n) is 5.16. The van der Waals surface area contributed by atoms with E-state index in [0.717, 1.165) is 12.0 Å². The van der Waals surface area contributed by atoms with Crippen molar-refractivity contribution in [2.45, 2.75) is 72.4 Å². The number of methoxy groups -OCH3 is 2. The van der Waals surface area contributed by atoms with Crippen molar-refractivity contribution in [2.75, 3.05) is 34.0 Å². The van der Waals surface area contributed by atoms with Gasteiger partial charge < -0.3 is 28.8 Å². The molecule has 0 saturated carbocycles. The molecule has 0 unspecified atom stereocenters. The van der Waals surface area contributed by atoms with Crippen molar-refractivity contribution in [3.63, 3.8) is 0 Å². The lowest BCUT2D eigenvalue weighted by atomic mass is 9.84. The van der Waals surface area contributed by atoms with Gasteiger partial charge in [-0.25, -0.2) is 4.79 Å². The molecule has 0 aliphatic carbocycles. The Morgan fingerprint density at radius 3 is 2.38 bits per heavy atom. The van der Waals surface area contributed by atoms with E-state index in [2.05, 4.69) is 18.8 Å². The average Bonchev–Trinajstić information content (AvgIpc) is 2.74. The van der Waals surface area contributed by atoms with Crippen LogP contribution < -0.4 is 14.6 Å². The lowest BCUT2D eigenvalue weighted by Gasteiger charge is -2.31. The number of hydrogen-bond acceptors (Lipinski definition) is 8. The summed E-state index contributed by atoms with van der Waals surface area (Å²) in [6.07, 6.45) is 1.05. The molecule has 0 radical (unpaired) electrons. The van der Waals surface area contributed by atoms with E-state index in [1.165, 1.54) is 0 Å². The van der Waals surface area contributed by atoms with Crippen LogP contribution in [0.25, 0.3) is 0 Å². The van der Waals surface area contributed by atoms with Gasteiger partial charge in [-0.2, -0.15) is 0 Å². The van der Waals surface area contributed by atoms with Crippen LogP contribution in [0.1, 0.15) is 59.9 Å². The largest absolute Gasteiger partial charge is 0.595 e. The van der Waals surface area contributed by atoms with E-state index in [-0.39, 0.29) is 18.4 Å². The number of rotatable bonds is 14. The van der Waals surface area contributed by atoms with Gasteiger partial charge in [0.05, 0.1) is 20.3 Å². The molecule has 0 heterocycles. The maximum absolute atomic E-state index is 12.6. The second-order valence-electron chi connectivity index (χ2n) is 9.50. The summed E-state index contributed by atoms with van der Waals surface area (Å²) in [6.45, 7) is 12.5. The first-order chi connectivity index (χ1) is 16.0. The van der Waals surface area contributed by atoms with Gasteiger partial charge in [0.1, 0.15) is 12.1 Å². The summed E-state index contributed by atoms with van der Waals surface area (Å²) in [6, 6.07) is 4.91. The Kier molecular flexibility index (Phi) is 12.8. The number of ether oxygens (including phenoxy) is 5. The maximum atomic E-state index is 12.6. The summed E-state index contributed by atoms with van der Waals surface area (Å²) < 4.78 is 26.9. The Labute approximate surface area is 204 Å². The zero-order valence-corrected chi connectivity index (χ0v) is 22.0. The quantitative estimate of drug-likeness (QED) is 0.173. The Balaban J connectivity index is 3.08. The number of benzene rings is 1. The molecule has 2 atom stereocenters. The lowest BCUT2D eigenvalue weighted by molar-refractivity contribution is -0.261. The van der Waals surface area contributed by atoms with Gasteiger partial charge in [0.25, 0.3) is 0 Å². The van der Waals surface area contributed by atoms with E-state index >= 15 is 0 Å². The average molecular weight is 481 g/mol. The number of aliphatic imine (C=N–C) groups is 1. The predicted octanol–water partition coefficient (Wildman–Crippen LogP) is 3.78. The monoisotopic (exact) mass is 480 g/mol. The number of carbonyl (C=O) groups excluding carboxylic acids is 1. The van der Waals surface area contributed by atoms with Crippen LogP contribution in [0.4, 0.5) is 0 Å². The highest BCUT2D eigenvalue weighted by atomic mass is 16.6. The van der Waals surface area contributed by atoms with Crippen molar-refractivity contribution in [2.24, 2.45) is 16.8 Å². The molecule has 0 N–H and O–H groups in total. The van der Waals surface area contributed by atoms with Crippen molar-refractivity contribution < 1.29 is 33.6 Å². The van der Waals surface area contributed by atoms with Crippen molar-refractivity contribution in [3.05, 3.63) is 23.8 Å². The second kappa shape index (κ2) is 14.7. The summed E-state index contributed by atoms with van der Waals surface area (Å²) in [5.74, 6) is 1.11. The molecule has 0 fully saturated rings. The van der Waals surface area contributed by atoms with Gasteiger partial charge in [-0.3, -0.25) is 4.99 Å². The minimum atomic E-state index is -0.926. The molecule has 1 aromatic carbocycles. The molecule has 0 amide bonds. The molecule has 0 bridgehead atoms. The van der Waals surface area contributed by atoms with Crippen molar-refractivity contribution in [1.29, 1.82) is 0 Å². The van der Waals surface area contributed by atoms with Crippen LogP contribution in [0.3, 0.4) is 0 Å². The second-order valence-corrected chi connectivity index (χ2v) is 9.50. The minimum absolute atomic E-state index is 0.0651. The van der Waals surface area contributed by atoms with E-state index in [4.69, 9.17) is 23.7 Å². The first-order valence-corrected chi connectivity index (χ1v) is 11.9. The molecular formula is C26H42NO7-. The lowest BCUT2D eigenvalue weighted by Crippen LogP contribution is -2.36. The number of hydrogen-bond donors (Lipinski definition) is 0. The highest BCUT2D eigenvalue weighted by molar-refractivity contribution is 5.78. The predicted molar refractivity (Wildman–Crippen MR) is 130 cm³/mol. The van der Waals surface area contributed by atoms with E-state index in [0.29, 0.717) is 37.6 Å². The molecule has 0 spiro atoms. The fourth-order valence-corrected chi connectivity index (χ4v) is 3.38. The molecule has 1 rings (SSSR count). The molecule has 34 heavy (non-hydrogen) atoms. The molecule has 8 nitrogen and oxygen atoms in total. The van der Waals surface area contributed by atoms with Gasteiger partial charge in [-0.15, -0.1) is 0 Å². The summed E-state index contributed by atoms with van der Waals surface area (Å²) in [5.41, 5.74) is 0.348. The summed E-state index contributed by atoms with van der Waals surface area (Å²) >= 11 is 0. The van der Waals surface area contributed by atoms with Crippen LogP contribution in [0.5, 0.6) is 11.5 Å². The molecule has 1 aromatic rings. The maximum Gasteiger partial charge on any atom is 0.330 e. The standard InChI is InChI=1S/C26H43NO7/c1-9-32-24(28)21(27-25(29)34-26(4,5)6)17-20(18(2)3)15-19-11-12-22(31-8)23(16-19)33-14-10-13-30-7/h11-12,16,18,20-21H,9-10,13-15,17H2,1-8H3,(H,27,29)/p-1/t20-,21-/m0/s1. The van der Waals surface area contributed by atoms with Gasteiger partial charge in [0.2, 0.25) is 0 Å². The summed E-state index contributed by atoms with van der Waals surface area (Å²) in [7, 11) is 3.27. The first kappa shape index (κ1) is 29.6. The van der Waals surface area contributed by atoms with Crippen LogP contribution in [0.2, 0.25) is 0 Å². The van der Waals surface area contributed by atoms with Crippen molar-refractivity contribution >= 4 is 12.1 Å². The van der Waals surface area contributed by atoms with Gasteiger partial charge >= 0.3 is 5.97 Å². The molecular weight excluding hydrogens is 438 g/mol. The smallest absolute Gasteiger partial charge is 0.330 e. The van der Waals surface area contributed by atoms with Crippen LogP contribution in [0, 0.1) is 11.8 Å². The van der Waals surface area contributed by atoms with Crippen LogP contribution >= 0.6 is 0 Å². The zero-order valence-electron chi connectivity index (χ0n) is 22.0. The Morgan fingerprint density at radius 1 is 1.12 bits per heavy atom. The molecule has 0 aliphatic heterocycles. The highest BCUT2D eigenvalue weighted by Crippen LogP contribution is 2.31. The SMILES string of the molecule is CCOC(=O)[C@H](C[C@H](Cc1ccc(OC)c(OCCCOC)c1)C(C)C)N=C([O-])OC(C)(C)C. The molecule has 8 heteroatoms. The molecule has 0 aliphatic rings. The van der Waals surface area contributed by atoms with Crippen molar-refractivity contribution in [3.8, 4) is 11.5 Å². The van der Waals surface area contributed by atoms with Gasteiger partial charge in [-0.1, -0.05) is 40.7 Å². The van der Waals surface area contributed by atoms with E-state index in [1.54, 1.807) is 41.9 Å². The highest BCUT2D eigenvalue weighted by Gasteiger charge is 2.26. The van der Waals surface area contributed by atoms with Crippen LogP contribution in [-0.4, -0.2) is 57.7 Å². The topological polar surface area (TPSA) is 98.6 Å². The van der Waals surface area contributed by atoms with Crippen LogP contribution in [-0.2, 0) is 25.4 Å². The Bertz CT molecular complexity index is 771. The fraction of sp³-hybridized carbons (Fsp3) is 0.692. The minimum Gasteiger partial charge on any atom is -0.595 e. The molecule has 0 saturated heterocycles. The van der Waals surface area contributed by atoms with Gasteiger partial charge in [-0.05, 0) is 49.3 Å². The number of esters is 1. The van der Waals surface area contributed by atoms with Crippen LogP contribution in [0.15, 0.2) is 23.2 Å². The molecule has 194 valence electrons. The fourth-order valence-electron chi connectivity index (χ4n) is 3.38. The first-order valence-electron chi connectivity index (χ1n) is 11.9. The Hall–Kier alpha value is -2.48. The van der Waals surface area contributed by atoms with E-state index < -0.39 is 23.7 Å². The van der Waals surface area contributed by atoms with Gasteiger partial charge in [0, 0.05) is 25.7 Å². The zero-order chi connectivity index (χ0) is 25.7. The van der Waals surface area contributed by atoms with Gasteiger partial charge in [0.15, 0.2) is 11.5 Å². The summed E-state index contributed by atoms with van der Waals surface area (Å²) in [5, 5.41) is 12.3. The number of nitrogens with zero attached hydrogens (tertiary/aromatic N) is 1. The number of carbonyl (C=O) groups is 1. The Morgan fingerprint density at radius 2 is 1.82 bits per heavy atom. The van der Waals surface area contributed by atoms with E-state index in [9.17, 15) is 9.90 Å². The van der Waals surface area contributed by atoms with E-state index in [1.807, 2.05) is 18.2 Å². The normalized spacial score (nSPS) is 14.0. The third kappa shape index (κ3) is 11.1. The third-order valence-corrected chi connectivity index (χ3v) is 5.16. The summed E-state index contributed by atoms with van der Waals surface area (Å²) in [4.78, 5) is 16.6. The molecule has 0 aromatic heterocycles. The van der Waals surface area contributed by atoms with Crippen molar-refractivity contribution in [1.82, 2.24) is 0 Å².